The van der Waals surface area contributed by atoms with Crippen LogP contribution in [0, 0.1) is 5.92 Å². The van der Waals surface area contributed by atoms with Gasteiger partial charge in [0.1, 0.15) is 0 Å². The molecule has 1 aliphatic heterocycles. The van der Waals surface area contributed by atoms with Gasteiger partial charge >= 0.3 is 5.97 Å². The summed E-state index contributed by atoms with van der Waals surface area (Å²) in [5.74, 6) is 0.210. The first-order valence-electron chi connectivity index (χ1n) is 4.44. The summed E-state index contributed by atoms with van der Waals surface area (Å²) in [4.78, 5) is 11.2. The molecular weight excluding hydrogens is 140 g/mol. The highest BCUT2D eigenvalue weighted by atomic mass is 16.5. The van der Waals surface area contributed by atoms with E-state index in [0.29, 0.717) is 0 Å². The zero-order valence-corrected chi connectivity index (χ0v) is 7.30. The molecule has 0 unspecified atom stereocenters. The second-order valence-electron chi connectivity index (χ2n) is 3.31. The van der Waals surface area contributed by atoms with Crippen LogP contribution in [0.25, 0.3) is 0 Å². The molecule has 2 atom stereocenters. The molecule has 1 fully saturated rings. The SMILES string of the molecule is CCC[C@H]1CC[C@H](C)OC1=O. The predicted octanol–water partition coefficient (Wildman–Crippen LogP) is 2.13. The Morgan fingerprint density at radius 2 is 2.27 bits per heavy atom. The first-order chi connectivity index (χ1) is 5.24. The van der Waals surface area contributed by atoms with Gasteiger partial charge in [-0.15, -0.1) is 0 Å². The van der Waals surface area contributed by atoms with E-state index in [0.717, 1.165) is 25.7 Å². The molecule has 0 spiro atoms. The molecule has 64 valence electrons. The maximum Gasteiger partial charge on any atom is 0.309 e. The van der Waals surface area contributed by atoms with E-state index < -0.39 is 0 Å². The number of cyclic esters (lactones) is 1. The molecule has 0 aromatic heterocycles. The predicted molar refractivity (Wildman–Crippen MR) is 43.2 cm³/mol. The number of hydrogen-bond donors (Lipinski definition) is 0. The summed E-state index contributed by atoms with van der Waals surface area (Å²) in [6, 6.07) is 0. The van der Waals surface area contributed by atoms with Crippen LogP contribution in [-0.4, -0.2) is 12.1 Å². The lowest BCUT2D eigenvalue weighted by atomic mass is 9.94. The number of esters is 1. The van der Waals surface area contributed by atoms with Crippen molar-refractivity contribution in [2.45, 2.75) is 45.6 Å². The highest BCUT2D eigenvalue weighted by molar-refractivity contribution is 5.73. The van der Waals surface area contributed by atoms with Crippen molar-refractivity contribution in [1.82, 2.24) is 0 Å². The maximum atomic E-state index is 11.2. The Kier molecular flexibility index (Phi) is 2.92. The molecule has 0 aromatic carbocycles. The fraction of sp³-hybridized carbons (Fsp3) is 0.889. The Hall–Kier alpha value is -0.530. The average molecular weight is 156 g/mol. The third kappa shape index (κ3) is 2.21. The van der Waals surface area contributed by atoms with Crippen LogP contribution in [-0.2, 0) is 9.53 Å². The Labute approximate surface area is 67.9 Å². The molecule has 0 bridgehead atoms. The van der Waals surface area contributed by atoms with Crippen LogP contribution in [0.3, 0.4) is 0 Å². The number of rotatable bonds is 2. The minimum absolute atomic E-state index is 0.0191. The Morgan fingerprint density at radius 1 is 1.55 bits per heavy atom. The highest BCUT2D eigenvalue weighted by Gasteiger charge is 2.26. The van der Waals surface area contributed by atoms with Crippen molar-refractivity contribution < 1.29 is 9.53 Å². The lowest BCUT2D eigenvalue weighted by Crippen LogP contribution is -2.29. The van der Waals surface area contributed by atoms with Crippen LogP contribution in [0.2, 0.25) is 0 Å². The van der Waals surface area contributed by atoms with Gasteiger partial charge in [0.05, 0.1) is 12.0 Å². The first kappa shape index (κ1) is 8.57. The van der Waals surface area contributed by atoms with E-state index >= 15 is 0 Å². The van der Waals surface area contributed by atoms with E-state index in [9.17, 15) is 4.79 Å². The van der Waals surface area contributed by atoms with E-state index in [1.807, 2.05) is 6.92 Å². The van der Waals surface area contributed by atoms with Crippen molar-refractivity contribution in [3.05, 3.63) is 0 Å². The van der Waals surface area contributed by atoms with Gasteiger partial charge in [-0.3, -0.25) is 4.79 Å². The lowest BCUT2D eigenvalue weighted by Gasteiger charge is -2.25. The van der Waals surface area contributed by atoms with Gasteiger partial charge in [-0.2, -0.15) is 0 Å². The minimum atomic E-state index is 0.0191. The fourth-order valence-electron chi connectivity index (χ4n) is 1.52. The number of carbonyl (C=O) groups is 1. The molecule has 1 saturated heterocycles. The van der Waals surface area contributed by atoms with Crippen molar-refractivity contribution in [2.75, 3.05) is 0 Å². The molecular formula is C9H16O2. The normalized spacial score (nSPS) is 31.6. The zero-order chi connectivity index (χ0) is 8.27. The Balaban J connectivity index is 2.38. The van der Waals surface area contributed by atoms with E-state index in [-0.39, 0.29) is 18.0 Å². The second kappa shape index (κ2) is 3.74. The van der Waals surface area contributed by atoms with Crippen LogP contribution in [0.5, 0.6) is 0 Å². The molecule has 1 rings (SSSR count). The Bertz CT molecular complexity index is 142. The van der Waals surface area contributed by atoms with Gasteiger partial charge in [-0.25, -0.2) is 0 Å². The molecule has 0 N–H and O–H groups in total. The van der Waals surface area contributed by atoms with E-state index in [1.54, 1.807) is 0 Å². The Morgan fingerprint density at radius 3 is 2.82 bits per heavy atom. The summed E-state index contributed by atoms with van der Waals surface area (Å²) >= 11 is 0. The largest absolute Gasteiger partial charge is 0.462 e. The number of hydrogen-bond acceptors (Lipinski definition) is 2. The van der Waals surface area contributed by atoms with Gasteiger partial charge in [0.15, 0.2) is 0 Å². The molecule has 0 radical (unpaired) electrons. The van der Waals surface area contributed by atoms with Crippen molar-refractivity contribution in [3.63, 3.8) is 0 Å². The number of ether oxygens (including phenoxy) is 1. The maximum absolute atomic E-state index is 11.2. The highest BCUT2D eigenvalue weighted by Crippen LogP contribution is 2.23. The van der Waals surface area contributed by atoms with Crippen molar-refractivity contribution in [3.8, 4) is 0 Å². The van der Waals surface area contributed by atoms with Crippen molar-refractivity contribution in [2.24, 2.45) is 5.92 Å². The smallest absolute Gasteiger partial charge is 0.309 e. The van der Waals surface area contributed by atoms with Crippen molar-refractivity contribution in [1.29, 1.82) is 0 Å². The summed E-state index contributed by atoms with van der Waals surface area (Å²) in [7, 11) is 0. The van der Waals surface area contributed by atoms with Gasteiger partial charge in [0, 0.05) is 0 Å². The lowest BCUT2D eigenvalue weighted by molar-refractivity contribution is -0.159. The fourth-order valence-corrected chi connectivity index (χ4v) is 1.52. The van der Waals surface area contributed by atoms with Gasteiger partial charge in [-0.05, 0) is 26.2 Å². The topological polar surface area (TPSA) is 26.3 Å². The van der Waals surface area contributed by atoms with Crippen LogP contribution < -0.4 is 0 Å². The molecule has 1 heterocycles. The van der Waals surface area contributed by atoms with E-state index in [2.05, 4.69) is 6.92 Å². The van der Waals surface area contributed by atoms with E-state index in [1.165, 1.54) is 0 Å². The third-order valence-electron chi connectivity index (χ3n) is 2.21. The van der Waals surface area contributed by atoms with Crippen molar-refractivity contribution >= 4 is 5.97 Å². The summed E-state index contributed by atoms with van der Waals surface area (Å²) < 4.78 is 5.11. The molecule has 0 aromatic rings. The second-order valence-corrected chi connectivity index (χ2v) is 3.31. The molecule has 0 aliphatic carbocycles. The van der Waals surface area contributed by atoms with E-state index in [4.69, 9.17) is 4.74 Å². The number of carbonyl (C=O) groups excluding carboxylic acids is 1. The van der Waals surface area contributed by atoms with Gasteiger partial charge in [0.25, 0.3) is 0 Å². The average Bonchev–Trinajstić information content (AvgIpc) is 1.95. The summed E-state index contributed by atoms with van der Waals surface area (Å²) in [5.41, 5.74) is 0. The first-order valence-corrected chi connectivity index (χ1v) is 4.44. The van der Waals surface area contributed by atoms with Gasteiger partial charge in [-0.1, -0.05) is 13.3 Å². The van der Waals surface area contributed by atoms with Crippen LogP contribution in [0.1, 0.15) is 39.5 Å². The summed E-state index contributed by atoms with van der Waals surface area (Å²) in [6.45, 7) is 4.06. The molecule has 2 heteroatoms. The molecule has 2 nitrogen and oxygen atoms in total. The van der Waals surface area contributed by atoms with Crippen LogP contribution >= 0.6 is 0 Å². The van der Waals surface area contributed by atoms with Gasteiger partial charge in [0.2, 0.25) is 0 Å². The quantitative estimate of drug-likeness (QED) is 0.572. The standard InChI is InChI=1S/C9H16O2/c1-3-4-8-6-5-7(2)11-9(8)10/h7-8H,3-6H2,1-2H3/t7-,8-/m0/s1. The molecule has 1 aliphatic rings. The zero-order valence-electron chi connectivity index (χ0n) is 7.30. The third-order valence-corrected chi connectivity index (χ3v) is 2.21. The minimum Gasteiger partial charge on any atom is -0.462 e. The molecule has 0 saturated carbocycles. The van der Waals surface area contributed by atoms with Crippen LogP contribution in [0.15, 0.2) is 0 Å². The van der Waals surface area contributed by atoms with Gasteiger partial charge < -0.3 is 4.74 Å². The summed E-state index contributed by atoms with van der Waals surface area (Å²) in [6.07, 6.45) is 4.28. The molecule has 11 heavy (non-hydrogen) atoms. The molecule has 0 amide bonds. The summed E-state index contributed by atoms with van der Waals surface area (Å²) in [5, 5.41) is 0. The van der Waals surface area contributed by atoms with Crippen LogP contribution in [0.4, 0.5) is 0 Å². The monoisotopic (exact) mass is 156 g/mol.